The Kier molecular flexibility index (Phi) is 3.49. The van der Waals surface area contributed by atoms with E-state index in [1.807, 2.05) is 0 Å². The van der Waals surface area contributed by atoms with Gasteiger partial charge in [0.25, 0.3) is 0 Å². The summed E-state index contributed by atoms with van der Waals surface area (Å²) in [5, 5.41) is 27.5. The van der Waals surface area contributed by atoms with E-state index in [1.165, 1.54) is 13.0 Å². The van der Waals surface area contributed by atoms with Gasteiger partial charge in [0.15, 0.2) is 17.6 Å². The van der Waals surface area contributed by atoms with E-state index in [-0.39, 0.29) is 10.8 Å². The van der Waals surface area contributed by atoms with Crippen molar-refractivity contribution in [1.29, 1.82) is 0 Å². The molecule has 6 heteroatoms. The minimum atomic E-state index is -1.17. The summed E-state index contributed by atoms with van der Waals surface area (Å²) >= 11 is 5.61. The second kappa shape index (κ2) is 4.49. The van der Waals surface area contributed by atoms with Crippen LogP contribution in [0.25, 0.3) is 0 Å². The highest BCUT2D eigenvalue weighted by Crippen LogP contribution is 2.43. The molecule has 0 saturated carbocycles. The predicted octanol–water partition coefficient (Wildman–Crippen LogP) is 1.91. The number of hydrogen-bond acceptors (Lipinski definition) is 4. The Labute approximate surface area is 96.9 Å². The Balaban J connectivity index is 3.14. The molecule has 0 spiro atoms. The highest BCUT2D eigenvalue weighted by molar-refractivity contribution is 6.32. The molecule has 1 unspecified atom stereocenters. The molecule has 1 aromatic carbocycles. The number of halogens is 1. The number of carboxylic acid groups (broad SMARTS) is 1. The molecule has 1 rings (SSSR count). The number of aryl methyl sites for hydroxylation is 1. The first-order chi connectivity index (χ1) is 7.34. The third-order valence-electron chi connectivity index (χ3n) is 2.01. The van der Waals surface area contributed by atoms with Crippen LogP contribution < -0.4 is 4.74 Å². The third kappa shape index (κ3) is 2.30. The summed E-state index contributed by atoms with van der Waals surface area (Å²) in [5.41, 5.74) is 0.438. The SMILES string of the molecule is Cc1cc(Cl)c(O)c(O)c1OC(C)C(=O)O. The fourth-order valence-electron chi connectivity index (χ4n) is 1.11. The Morgan fingerprint density at radius 2 is 2.00 bits per heavy atom. The number of aromatic hydroxyl groups is 2. The first-order valence-corrected chi connectivity index (χ1v) is 4.83. The van der Waals surface area contributed by atoms with Gasteiger partial charge in [-0.3, -0.25) is 0 Å². The molecule has 0 amide bonds. The maximum Gasteiger partial charge on any atom is 0.344 e. The van der Waals surface area contributed by atoms with Gasteiger partial charge in [-0.15, -0.1) is 0 Å². The standard InChI is InChI=1S/C10H11ClO5/c1-4-3-6(11)7(12)8(13)9(4)16-5(2)10(14)15/h3,5,12-13H,1-2H3,(H,14,15). The summed E-state index contributed by atoms with van der Waals surface area (Å²) in [7, 11) is 0. The van der Waals surface area contributed by atoms with Crippen molar-refractivity contribution < 1.29 is 24.9 Å². The lowest BCUT2D eigenvalue weighted by Gasteiger charge is -2.15. The lowest BCUT2D eigenvalue weighted by molar-refractivity contribution is -0.144. The summed E-state index contributed by atoms with van der Waals surface area (Å²) in [5.74, 6) is -2.34. The van der Waals surface area contributed by atoms with E-state index in [2.05, 4.69) is 0 Å². The molecule has 0 fully saturated rings. The van der Waals surface area contributed by atoms with Crippen LogP contribution in [0.3, 0.4) is 0 Å². The van der Waals surface area contributed by atoms with E-state index in [0.29, 0.717) is 5.56 Å². The Bertz CT molecular complexity index is 430. The van der Waals surface area contributed by atoms with Crippen LogP contribution in [0.15, 0.2) is 6.07 Å². The summed E-state index contributed by atoms with van der Waals surface area (Å²) in [4.78, 5) is 10.6. The number of hydrogen-bond donors (Lipinski definition) is 3. The molecule has 3 N–H and O–H groups in total. The van der Waals surface area contributed by atoms with Gasteiger partial charge in [-0.1, -0.05) is 11.6 Å². The van der Waals surface area contributed by atoms with Crippen molar-refractivity contribution in [3.63, 3.8) is 0 Å². The highest BCUT2D eigenvalue weighted by atomic mass is 35.5. The number of carbonyl (C=O) groups is 1. The molecule has 88 valence electrons. The van der Waals surface area contributed by atoms with Crippen LogP contribution in [0.2, 0.25) is 5.02 Å². The second-order valence-electron chi connectivity index (χ2n) is 3.30. The van der Waals surface area contributed by atoms with Crippen molar-refractivity contribution >= 4 is 17.6 Å². The Hall–Kier alpha value is -1.62. The molecule has 16 heavy (non-hydrogen) atoms. The van der Waals surface area contributed by atoms with Gasteiger partial charge >= 0.3 is 5.97 Å². The maximum atomic E-state index is 10.6. The minimum absolute atomic E-state index is 0.0228. The van der Waals surface area contributed by atoms with Crippen LogP contribution in [-0.4, -0.2) is 27.4 Å². The average molecular weight is 247 g/mol. The van der Waals surface area contributed by atoms with Gasteiger partial charge in [0.1, 0.15) is 0 Å². The van der Waals surface area contributed by atoms with E-state index >= 15 is 0 Å². The zero-order valence-corrected chi connectivity index (χ0v) is 9.45. The molecule has 0 saturated heterocycles. The normalized spacial score (nSPS) is 12.2. The van der Waals surface area contributed by atoms with Gasteiger partial charge in [0.05, 0.1) is 5.02 Å². The van der Waals surface area contributed by atoms with E-state index in [1.54, 1.807) is 6.92 Å². The van der Waals surface area contributed by atoms with Crippen LogP contribution in [-0.2, 0) is 4.79 Å². The second-order valence-corrected chi connectivity index (χ2v) is 3.71. The molecule has 0 radical (unpaired) electrons. The predicted molar refractivity (Wildman–Crippen MR) is 57.2 cm³/mol. The number of aliphatic carboxylic acids is 1. The average Bonchev–Trinajstić information content (AvgIpc) is 2.20. The topological polar surface area (TPSA) is 87.0 Å². The molecule has 1 atom stereocenters. The van der Waals surface area contributed by atoms with Crippen molar-refractivity contribution in [1.82, 2.24) is 0 Å². The number of phenols is 2. The van der Waals surface area contributed by atoms with Crippen molar-refractivity contribution in [2.75, 3.05) is 0 Å². The number of phenolic OH excluding ortho intramolecular Hbond substituents is 2. The van der Waals surface area contributed by atoms with Crippen LogP contribution in [0.1, 0.15) is 12.5 Å². The molecular formula is C10H11ClO5. The number of ether oxygens (including phenoxy) is 1. The van der Waals surface area contributed by atoms with E-state index < -0.39 is 23.6 Å². The van der Waals surface area contributed by atoms with Gasteiger partial charge in [0.2, 0.25) is 5.75 Å². The van der Waals surface area contributed by atoms with Gasteiger partial charge in [-0.05, 0) is 25.5 Å². The fraction of sp³-hybridized carbons (Fsp3) is 0.300. The van der Waals surface area contributed by atoms with Crippen LogP contribution in [0.4, 0.5) is 0 Å². The van der Waals surface area contributed by atoms with Gasteiger partial charge in [-0.2, -0.15) is 0 Å². The van der Waals surface area contributed by atoms with E-state index in [4.69, 9.17) is 21.4 Å². The summed E-state index contributed by atoms with van der Waals surface area (Å²) in [6.07, 6.45) is -1.13. The molecule has 0 heterocycles. The minimum Gasteiger partial charge on any atom is -0.503 e. The number of carboxylic acids is 1. The smallest absolute Gasteiger partial charge is 0.344 e. The van der Waals surface area contributed by atoms with Crippen molar-refractivity contribution in [3.8, 4) is 17.2 Å². The summed E-state index contributed by atoms with van der Waals surface area (Å²) in [6.45, 7) is 2.89. The van der Waals surface area contributed by atoms with Crippen molar-refractivity contribution in [3.05, 3.63) is 16.7 Å². The molecule has 0 bridgehead atoms. The summed E-state index contributed by atoms with van der Waals surface area (Å²) in [6, 6.07) is 1.38. The molecule has 0 aliphatic carbocycles. The fourth-order valence-corrected chi connectivity index (χ4v) is 1.36. The molecule has 1 aromatic rings. The largest absolute Gasteiger partial charge is 0.503 e. The first-order valence-electron chi connectivity index (χ1n) is 4.45. The lowest BCUT2D eigenvalue weighted by atomic mass is 10.2. The molecular weight excluding hydrogens is 236 g/mol. The zero-order chi connectivity index (χ0) is 12.5. The maximum absolute atomic E-state index is 10.6. The monoisotopic (exact) mass is 246 g/mol. The number of benzene rings is 1. The van der Waals surface area contributed by atoms with Crippen LogP contribution in [0, 0.1) is 6.92 Å². The summed E-state index contributed by atoms with van der Waals surface area (Å²) < 4.78 is 5.00. The zero-order valence-electron chi connectivity index (χ0n) is 8.69. The van der Waals surface area contributed by atoms with Crippen LogP contribution in [0.5, 0.6) is 17.2 Å². The Morgan fingerprint density at radius 3 is 2.50 bits per heavy atom. The highest BCUT2D eigenvalue weighted by Gasteiger charge is 2.20. The van der Waals surface area contributed by atoms with Gasteiger partial charge in [-0.25, -0.2) is 4.79 Å². The quantitative estimate of drug-likeness (QED) is 0.709. The van der Waals surface area contributed by atoms with Gasteiger partial charge in [0, 0.05) is 0 Å². The third-order valence-corrected chi connectivity index (χ3v) is 2.30. The molecule has 0 aliphatic rings. The molecule has 0 aliphatic heterocycles. The number of rotatable bonds is 3. The van der Waals surface area contributed by atoms with Crippen molar-refractivity contribution in [2.45, 2.75) is 20.0 Å². The molecule has 0 aromatic heterocycles. The van der Waals surface area contributed by atoms with E-state index in [0.717, 1.165) is 0 Å². The van der Waals surface area contributed by atoms with Gasteiger partial charge < -0.3 is 20.1 Å². The Morgan fingerprint density at radius 1 is 1.44 bits per heavy atom. The molecule has 5 nitrogen and oxygen atoms in total. The van der Waals surface area contributed by atoms with E-state index in [9.17, 15) is 15.0 Å². The van der Waals surface area contributed by atoms with Crippen LogP contribution >= 0.6 is 11.6 Å². The van der Waals surface area contributed by atoms with Crippen molar-refractivity contribution in [2.24, 2.45) is 0 Å². The first kappa shape index (κ1) is 12.4. The lowest BCUT2D eigenvalue weighted by Crippen LogP contribution is -2.23.